The molecule has 9 heteroatoms. The summed E-state index contributed by atoms with van der Waals surface area (Å²) in [6.07, 6.45) is 0.832. The highest BCUT2D eigenvalue weighted by atomic mass is 32.2. The highest BCUT2D eigenvalue weighted by Crippen LogP contribution is 2.35. The molecule has 0 radical (unpaired) electrons. The van der Waals surface area contributed by atoms with E-state index in [0.29, 0.717) is 30.4 Å². The average Bonchev–Trinajstić information content (AvgIpc) is 2.93. The maximum Gasteiger partial charge on any atom is 0.242 e. The Balaban J connectivity index is 1.68. The van der Waals surface area contributed by atoms with Crippen LogP contribution in [0, 0.1) is 0 Å². The topological polar surface area (TPSA) is 84.9 Å². The number of benzene rings is 2. The van der Waals surface area contributed by atoms with E-state index in [9.17, 15) is 13.2 Å². The van der Waals surface area contributed by atoms with Crippen molar-refractivity contribution in [3.63, 3.8) is 0 Å². The fourth-order valence-electron chi connectivity index (χ4n) is 2.66. The molecule has 2 aromatic carbocycles. The van der Waals surface area contributed by atoms with Crippen LogP contribution >= 0.6 is 11.8 Å². The number of hydrogen-bond acceptors (Lipinski definition) is 6. The second-order valence-electron chi connectivity index (χ2n) is 6.72. The predicted octanol–water partition coefficient (Wildman–Crippen LogP) is 3.22. The molecule has 1 heterocycles. The van der Waals surface area contributed by atoms with Gasteiger partial charge in [0.2, 0.25) is 15.9 Å². The van der Waals surface area contributed by atoms with Gasteiger partial charge in [0.15, 0.2) is 11.5 Å². The van der Waals surface area contributed by atoms with Crippen LogP contribution in [0.15, 0.2) is 52.3 Å². The molecule has 0 unspecified atom stereocenters. The normalized spacial score (nSPS) is 14.9. The van der Waals surface area contributed by atoms with Gasteiger partial charge in [-0.1, -0.05) is 6.07 Å². The summed E-state index contributed by atoms with van der Waals surface area (Å²) < 4.78 is 37.0. The van der Waals surface area contributed by atoms with Crippen LogP contribution in [0.2, 0.25) is 0 Å². The number of anilines is 1. The van der Waals surface area contributed by atoms with Crippen LogP contribution in [0.25, 0.3) is 0 Å². The number of rotatable bonds is 6. The first-order valence-electron chi connectivity index (χ1n) is 9.17. The minimum Gasteiger partial charge on any atom is -0.490 e. The van der Waals surface area contributed by atoms with Crippen molar-refractivity contribution in [2.75, 3.05) is 32.6 Å². The largest absolute Gasteiger partial charge is 0.490 e. The zero-order valence-electron chi connectivity index (χ0n) is 16.5. The number of amides is 1. The predicted molar refractivity (Wildman–Crippen MR) is 113 cm³/mol. The summed E-state index contributed by atoms with van der Waals surface area (Å²) in [5.41, 5.74) is 0.434. The minimum absolute atomic E-state index is 0.128. The van der Waals surface area contributed by atoms with Crippen molar-refractivity contribution in [1.82, 2.24) is 4.31 Å². The molecule has 0 spiro atoms. The van der Waals surface area contributed by atoms with Crippen molar-refractivity contribution >= 4 is 33.4 Å². The van der Waals surface area contributed by atoms with Gasteiger partial charge in [-0.05, 0) is 43.3 Å². The lowest BCUT2D eigenvalue weighted by Crippen LogP contribution is -2.24. The van der Waals surface area contributed by atoms with Crippen molar-refractivity contribution in [3.8, 4) is 11.5 Å². The third-order valence-corrected chi connectivity index (χ3v) is 7.19. The minimum atomic E-state index is -3.56. The lowest BCUT2D eigenvalue weighted by atomic mass is 10.3. The number of nitrogens with one attached hydrogen (secondary N) is 1. The Morgan fingerprint density at radius 2 is 1.83 bits per heavy atom. The van der Waals surface area contributed by atoms with Crippen LogP contribution in [0.5, 0.6) is 11.5 Å². The molecule has 1 aliphatic rings. The molecule has 2 aromatic rings. The molecule has 0 saturated heterocycles. The number of sulfonamides is 1. The summed E-state index contributed by atoms with van der Waals surface area (Å²) in [5, 5.41) is 2.39. The van der Waals surface area contributed by atoms with Crippen LogP contribution in [-0.2, 0) is 14.8 Å². The van der Waals surface area contributed by atoms with Gasteiger partial charge >= 0.3 is 0 Å². The van der Waals surface area contributed by atoms with E-state index in [0.717, 1.165) is 15.6 Å². The van der Waals surface area contributed by atoms with Crippen molar-refractivity contribution < 1.29 is 22.7 Å². The van der Waals surface area contributed by atoms with Crippen LogP contribution in [-0.4, -0.2) is 51.2 Å². The Morgan fingerprint density at radius 3 is 2.55 bits per heavy atom. The Labute approximate surface area is 175 Å². The monoisotopic (exact) mass is 436 g/mol. The summed E-state index contributed by atoms with van der Waals surface area (Å²) in [6, 6.07) is 11.8. The summed E-state index contributed by atoms with van der Waals surface area (Å²) in [5.74, 6) is 1.17. The van der Waals surface area contributed by atoms with Gasteiger partial charge in [0, 0.05) is 31.1 Å². The summed E-state index contributed by atoms with van der Waals surface area (Å²) in [4.78, 5) is 13.6. The summed E-state index contributed by atoms with van der Waals surface area (Å²) in [7, 11) is -0.631. The van der Waals surface area contributed by atoms with Crippen LogP contribution in [0.1, 0.15) is 13.3 Å². The van der Waals surface area contributed by atoms with Gasteiger partial charge in [0.05, 0.1) is 23.4 Å². The summed E-state index contributed by atoms with van der Waals surface area (Å²) >= 11 is 1.39. The lowest BCUT2D eigenvalue weighted by Gasteiger charge is -2.15. The number of thioether (sulfide) groups is 1. The molecule has 7 nitrogen and oxygen atoms in total. The third kappa shape index (κ3) is 5.23. The van der Waals surface area contributed by atoms with E-state index >= 15 is 0 Å². The maximum atomic E-state index is 12.6. The van der Waals surface area contributed by atoms with E-state index in [1.54, 1.807) is 19.1 Å². The molecule has 1 amide bonds. The molecule has 1 N–H and O–H groups in total. The molecule has 0 bridgehead atoms. The zero-order valence-corrected chi connectivity index (χ0v) is 18.2. The second kappa shape index (κ2) is 9.06. The molecular formula is C20H24N2O5S2. The van der Waals surface area contributed by atoms with Gasteiger partial charge in [-0.3, -0.25) is 4.79 Å². The molecule has 156 valence electrons. The molecular weight excluding hydrogens is 412 g/mol. The van der Waals surface area contributed by atoms with Gasteiger partial charge in [0.1, 0.15) is 0 Å². The third-order valence-electron chi connectivity index (χ3n) is 4.28. The summed E-state index contributed by atoms with van der Waals surface area (Å²) in [6.45, 7) is 3.02. The molecule has 1 atom stereocenters. The Kier molecular flexibility index (Phi) is 6.71. The lowest BCUT2D eigenvalue weighted by molar-refractivity contribution is -0.115. The SMILES string of the molecule is C[C@H](Sc1ccc2c(c1)OCCCO2)C(=O)Nc1cccc(S(=O)(=O)N(C)C)c1. The Bertz CT molecular complexity index is 992. The van der Waals surface area contributed by atoms with E-state index in [-0.39, 0.29) is 10.8 Å². The van der Waals surface area contributed by atoms with Crippen molar-refractivity contribution in [2.45, 2.75) is 28.4 Å². The smallest absolute Gasteiger partial charge is 0.242 e. The van der Waals surface area contributed by atoms with Crippen molar-refractivity contribution in [3.05, 3.63) is 42.5 Å². The maximum absolute atomic E-state index is 12.6. The quantitative estimate of drug-likeness (QED) is 0.700. The number of fused-ring (bicyclic) bond motifs is 1. The van der Waals surface area contributed by atoms with Crippen LogP contribution in [0.3, 0.4) is 0 Å². The van der Waals surface area contributed by atoms with E-state index < -0.39 is 15.3 Å². The van der Waals surface area contributed by atoms with E-state index in [1.807, 2.05) is 18.2 Å². The van der Waals surface area contributed by atoms with Gasteiger partial charge in [-0.2, -0.15) is 0 Å². The molecule has 0 aliphatic carbocycles. The number of ether oxygens (including phenoxy) is 2. The van der Waals surface area contributed by atoms with E-state index in [2.05, 4.69) is 5.32 Å². The fraction of sp³-hybridized carbons (Fsp3) is 0.350. The van der Waals surface area contributed by atoms with Crippen molar-refractivity contribution in [2.24, 2.45) is 0 Å². The first-order chi connectivity index (χ1) is 13.8. The van der Waals surface area contributed by atoms with Gasteiger partial charge in [-0.25, -0.2) is 12.7 Å². The molecule has 0 fully saturated rings. The Hall–Kier alpha value is -2.23. The molecule has 0 aromatic heterocycles. The molecule has 29 heavy (non-hydrogen) atoms. The van der Waals surface area contributed by atoms with Crippen molar-refractivity contribution in [1.29, 1.82) is 0 Å². The van der Waals surface area contributed by atoms with E-state index in [4.69, 9.17) is 9.47 Å². The van der Waals surface area contributed by atoms with E-state index in [1.165, 1.54) is 38.0 Å². The molecule has 0 saturated carbocycles. The van der Waals surface area contributed by atoms with Gasteiger partial charge in [0.25, 0.3) is 0 Å². The number of carbonyl (C=O) groups is 1. The van der Waals surface area contributed by atoms with Crippen LogP contribution < -0.4 is 14.8 Å². The zero-order chi connectivity index (χ0) is 21.0. The molecule has 3 rings (SSSR count). The number of hydrogen-bond donors (Lipinski definition) is 1. The van der Waals surface area contributed by atoms with Crippen LogP contribution in [0.4, 0.5) is 5.69 Å². The highest BCUT2D eigenvalue weighted by molar-refractivity contribution is 8.00. The second-order valence-corrected chi connectivity index (χ2v) is 10.3. The molecule has 1 aliphatic heterocycles. The fourth-order valence-corrected chi connectivity index (χ4v) is 4.51. The van der Waals surface area contributed by atoms with Gasteiger partial charge in [-0.15, -0.1) is 11.8 Å². The Morgan fingerprint density at radius 1 is 1.10 bits per heavy atom. The first kappa shape index (κ1) is 21.5. The standard InChI is InChI=1S/C20H24N2O5S2/c1-14(28-16-8-9-18-19(13-16)27-11-5-10-26-18)20(23)21-15-6-4-7-17(12-15)29(24,25)22(2)3/h4,6-9,12-14H,5,10-11H2,1-3H3,(H,21,23)/t14-/m0/s1. The first-order valence-corrected chi connectivity index (χ1v) is 11.5. The average molecular weight is 437 g/mol. The van der Waals surface area contributed by atoms with Gasteiger partial charge < -0.3 is 14.8 Å². The number of nitrogens with zero attached hydrogens (tertiary/aromatic N) is 1. The number of carbonyl (C=O) groups excluding carboxylic acids is 1. The highest BCUT2D eigenvalue weighted by Gasteiger charge is 2.20.